The summed E-state index contributed by atoms with van der Waals surface area (Å²) in [6.45, 7) is 0.352. The van der Waals surface area contributed by atoms with Crippen LogP contribution in [-0.2, 0) is 9.59 Å². The summed E-state index contributed by atoms with van der Waals surface area (Å²) in [7, 11) is 0. The molecule has 1 saturated heterocycles. The summed E-state index contributed by atoms with van der Waals surface area (Å²) >= 11 is 8.20. The van der Waals surface area contributed by atoms with Crippen LogP contribution in [0.5, 0.6) is 0 Å². The third kappa shape index (κ3) is 4.46. The van der Waals surface area contributed by atoms with Crippen LogP contribution >= 0.6 is 35.3 Å². The van der Waals surface area contributed by atoms with Crippen LogP contribution in [0.25, 0.3) is 6.08 Å². The van der Waals surface area contributed by atoms with Gasteiger partial charge in [0.25, 0.3) is 5.91 Å². The molecule has 1 aromatic heterocycles. The summed E-state index contributed by atoms with van der Waals surface area (Å²) in [6, 6.07) is 4.22. The van der Waals surface area contributed by atoms with E-state index in [1.54, 1.807) is 16.2 Å². The van der Waals surface area contributed by atoms with Crippen LogP contribution in [0.1, 0.15) is 43.4 Å². The Morgan fingerprint density at radius 1 is 1.38 bits per heavy atom. The first-order chi connectivity index (χ1) is 11.6. The molecule has 0 atom stereocenters. The van der Waals surface area contributed by atoms with E-state index in [-0.39, 0.29) is 11.8 Å². The number of nitrogens with one attached hydrogen (secondary N) is 1. The van der Waals surface area contributed by atoms with Crippen molar-refractivity contribution in [2.45, 2.75) is 44.6 Å². The van der Waals surface area contributed by atoms with Crippen LogP contribution in [-0.4, -0.2) is 33.6 Å². The van der Waals surface area contributed by atoms with Gasteiger partial charge in [-0.1, -0.05) is 49.3 Å². The molecule has 1 aliphatic heterocycles. The van der Waals surface area contributed by atoms with Crippen molar-refractivity contribution in [2.24, 2.45) is 0 Å². The van der Waals surface area contributed by atoms with Crippen molar-refractivity contribution in [1.29, 1.82) is 0 Å². The van der Waals surface area contributed by atoms with Crippen molar-refractivity contribution >= 4 is 57.5 Å². The van der Waals surface area contributed by atoms with Gasteiger partial charge in [-0.25, -0.2) is 0 Å². The van der Waals surface area contributed by atoms with Crippen molar-refractivity contribution in [3.8, 4) is 0 Å². The predicted molar refractivity (Wildman–Crippen MR) is 104 cm³/mol. The van der Waals surface area contributed by atoms with Crippen molar-refractivity contribution < 1.29 is 9.59 Å². The molecule has 1 saturated carbocycles. The highest BCUT2D eigenvalue weighted by molar-refractivity contribution is 8.26. The van der Waals surface area contributed by atoms with Crippen LogP contribution < -0.4 is 5.32 Å². The summed E-state index contributed by atoms with van der Waals surface area (Å²) in [5, 5.41) is 5.05. The van der Waals surface area contributed by atoms with Crippen LogP contribution in [0.2, 0.25) is 0 Å². The molecule has 4 nitrogen and oxygen atoms in total. The fraction of sp³-hybridized carbons (Fsp3) is 0.471. The Morgan fingerprint density at radius 3 is 2.88 bits per heavy atom. The van der Waals surface area contributed by atoms with E-state index in [4.69, 9.17) is 12.2 Å². The summed E-state index contributed by atoms with van der Waals surface area (Å²) in [5.74, 6) is -0.0814. The number of thiophene rings is 1. The van der Waals surface area contributed by atoms with E-state index in [1.165, 1.54) is 31.0 Å². The molecule has 7 heteroatoms. The molecule has 0 aromatic carbocycles. The highest BCUT2D eigenvalue weighted by atomic mass is 32.2. The molecule has 2 fully saturated rings. The molecule has 2 aliphatic rings. The molecule has 0 spiro atoms. The quantitative estimate of drug-likeness (QED) is 0.624. The van der Waals surface area contributed by atoms with Crippen molar-refractivity contribution in [2.75, 3.05) is 6.54 Å². The largest absolute Gasteiger partial charge is 0.353 e. The lowest BCUT2D eigenvalue weighted by atomic mass is 9.95. The molecular weight excluding hydrogens is 360 g/mol. The molecule has 128 valence electrons. The van der Waals surface area contributed by atoms with Crippen molar-refractivity contribution in [3.05, 3.63) is 27.3 Å². The Balaban J connectivity index is 1.52. The molecule has 0 bridgehead atoms. The average Bonchev–Trinajstić information content (AvgIpc) is 3.16. The Labute approximate surface area is 155 Å². The van der Waals surface area contributed by atoms with Crippen LogP contribution in [0.3, 0.4) is 0 Å². The smallest absolute Gasteiger partial charge is 0.266 e. The number of nitrogens with zero attached hydrogens (tertiary/aromatic N) is 1. The molecule has 0 radical (unpaired) electrons. The van der Waals surface area contributed by atoms with Gasteiger partial charge in [0.2, 0.25) is 5.91 Å². The predicted octanol–water partition coefficient (Wildman–Crippen LogP) is 3.79. The van der Waals surface area contributed by atoms with E-state index in [2.05, 4.69) is 5.32 Å². The zero-order valence-corrected chi connectivity index (χ0v) is 15.8. The highest BCUT2D eigenvalue weighted by Gasteiger charge is 2.32. The molecule has 3 rings (SSSR count). The van der Waals surface area contributed by atoms with E-state index >= 15 is 0 Å². The Kier molecular flexibility index (Phi) is 6.08. The molecule has 1 aliphatic carbocycles. The van der Waals surface area contributed by atoms with Gasteiger partial charge in [0.15, 0.2) is 0 Å². The first-order valence-corrected chi connectivity index (χ1v) is 10.3. The number of rotatable bonds is 5. The number of carbonyl (C=O) groups is 2. The van der Waals surface area contributed by atoms with E-state index in [1.807, 2.05) is 23.6 Å². The maximum atomic E-state index is 12.5. The Bertz CT molecular complexity index is 649. The molecule has 24 heavy (non-hydrogen) atoms. The maximum absolute atomic E-state index is 12.5. The highest BCUT2D eigenvalue weighted by Crippen LogP contribution is 2.33. The van der Waals surface area contributed by atoms with E-state index in [9.17, 15) is 9.59 Å². The van der Waals surface area contributed by atoms with Gasteiger partial charge < -0.3 is 5.32 Å². The van der Waals surface area contributed by atoms with Gasteiger partial charge in [-0.05, 0) is 30.4 Å². The lowest BCUT2D eigenvalue weighted by Gasteiger charge is -2.23. The first kappa shape index (κ1) is 17.6. The van der Waals surface area contributed by atoms with Gasteiger partial charge in [0, 0.05) is 23.9 Å². The van der Waals surface area contributed by atoms with Gasteiger partial charge in [0.1, 0.15) is 4.32 Å². The minimum atomic E-state index is -0.0936. The zero-order chi connectivity index (χ0) is 16.9. The molecule has 0 unspecified atom stereocenters. The first-order valence-electron chi connectivity index (χ1n) is 8.22. The Hall–Kier alpha value is -1.18. The number of amides is 2. The molecule has 1 aromatic rings. The van der Waals surface area contributed by atoms with Crippen molar-refractivity contribution in [1.82, 2.24) is 10.2 Å². The minimum Gasteiger partial charge on any atom is -0.353 e. The van der Waals surface area contributed by atoms with Gasteiger partial charge in [-0.15, -0.1) is 11.3 Å². The molecule has 2 heterocycles. The van der Waals surface area contributed by atoms with Gasteiger partial charge in [0.05, 0.1) is 4.91 Å². The maximum Gasteiger partial charge on any atom is 0.266 e. The second-order valence-corrected chi connectivity index (χ2v) is 8.66. The van der Waals surface area contributed by atoms with Gasteiger partial charge >= 0.3 is 0 Å². The number of hydrogen-bond acceptors (Lipinski definition) is 5. The third-order valence-electron chi connectivity index (χ3n) is 4.22. The second-order valence-electron chi connectivity index (χ2n) is 6.00. The van der Waals surface area contributed by atoms with Gasteiger partial charge in [-0.3, -0.25) is 14.5 Å². The minimum absolute atomic E-state index is 0.0122. The monoisotopic (exact) mass is 380 g/mol. The number of thiocarbonyl (C=S) groups is 1. The summed E-state index contributed by atoms with van der Waals surface area (Å²) in [4.78, 5) is 27.8. The topological polar surface area (TPSA) is 49.4 Å². The van der Waals surface area contributed by atoms with Crippen LogP contribution in [0, 0.1) is 0 Å². The third-order valence-corrected chi connectivity index (χ3v) is 6.42. The van der Waals surface area contributed by atoms with E-state index in [0.717, 1.165) is 17.7 Å². The summed E-state index contributed by atoms with van der Waals surface area (Å²) in [6.07, 6.45) is 7.94. The average molecular weight is 381 g/mol. The lowest BCUT2D eigenvalue weighted by Crippen LogP contribution is -2.39. The summed E-state index contributed by atoms with van der Waals surface area (Å²) in [5.41, 5.74) is 0. The Morgan fingerprint density at radius 2 is 2.17 bits per heavy atom. The van der Waals surface area contributed by atoms with Gasteiger partial charge in [-0.2, -0.15) is 0 Å². The lowest BCUT2D eigenvalue weighted by molar-refractivity contribution is -0.124. The molecular formula is C17H20N2O2S3. The zero-order valence-electron chi connectivity index (χ0n) is 13.3. The SMILES string of the molecule is O=C(CCN1C(=O)/C(=C/c2cccs2)SC1=S)NC1CCCCC1. The molecule has 2 amide bonds. The number of thioether (sulfide) groups is 1. The fourth-order valence-corrected chi connectivity index (χ4v) is 4.99. The fourth-order valence-electron chi connectivity index (χ4n) is 2.96. The van der Waals surface area contributed by atoms with Crippen LogP contribution in [0.4, 0.5) is 0 Å². The normalized spacial score (nSPS) is 20.8. The summed E-state index contributed by atoms with van der Waals surface area (Å²) < 4.78 is 0.535. The standard InChI is InChI=1S/C17H20N2O2S3/c20-15(18-12-5-2-1-3-6-12)8-9-19-16(21)14(24-17(19)22)11-13-7-4-10-23-13/h4,7,10-12H,1-3,5-6,8-9H2,(H,18,20)/b14-11-. The molecule has 1 N–H and O–H groups in total. The van der Waals surface area contributed by atoms with E-state index in [0.29, 0.717) is 28.2 Å². The van der Waals surface area contributed by atoms with Crippen molar-refractivity contribution in [3.63, 3.8) is 0 Å². The number of carbonyl (C=O) groups excluding carboxylic acids is 2. The van der Waals surface area contributed by atoms with E-state index < -0.39 is 0 Å². The van der Waals surface area contributed by atoms with Crippen LogP contribution in [0.15, 0.2) is 22.4 Å². The second kappa shape index (κ2) is 8.27. The number of hydrogen-bond donors (Lipinski definition) is 1.